The van der Waals surface area contributed by atoms with Crippen LogP contribution in [0.3, 0.4) is 0 Å². The third kappa shape index (κ3) is 2.17. The van der Waals surface area contributed by atoms with Crippen LogP contribution in [0.15, 0.2) is 17.8 Å². The van der Waals surface area contributed by atoms with Gasteiger partial charge in [-0.15, -0.1) is 21.5 Å². The summed E-state index contributed by atoms with van der Waals surface area (Å²) in [7, 11) is 1.90. The number of nitrogens with two attached hydrogens (primary N) is 1. The summed E-state index contributed by atoms with van der Waals surface area (Å²) in [4.78, 5) is 9.54. The third-order valence-corrected chi connectivity index (χ3v) is 3.75. The molecule has 3 rings (SSSR count). The molecule has 0 saturated carbocycles. The number of rotatable bonds is 4. The molecule has 9 heteroatoms. The number of aryl methyl sites for hydroxylation is 1. The van der Waals surface area contributed by atoms with Crippen LogP contribution < -0.4 is 16.6 Å². The first-order valence-electron chi connectivity index (χ1n) is 6.01. The minimum atomic E-state index is -0.0360. The number of hydrazine groups is 1. The lowest BCUT2D eigenvalue weighted by Gasteiger charge is -2.14. The molecule has 0 aliphatic rings. The van der Waals surface area contributed by atoms with Gasteiger partial charge in [0.05, 0.1) is 11.4 Å². The summed E-state index contributed by atoms with van der Waals surface area (Å²) in [6.07, 6.45) is 1.67. The number of hydrogen-bond acceptors (Lipinski definition) is 8. The van der Waals surface area contributed by atoms with Crippen LogP contribution in [0.4, 0.5) is 11.8 Å². The normalized spacial score (nSPS) is 12.6. The SMILES string of the molecule is CC(Nc1nc(NN)nc2sccc12)c1nncn1C. The van der Waals surface area contributed by atoms with Gasteiger partial charge in [-0.25, -0.2) is 10.8 Å². The van der Waals surface area contributed by atoms with Gasteiger partial charge >= 0.3 is 0 Å². The Balaban J connectivity index is 1.97. The number of aromatic nitrogens is 5. The molecule has 104 valence electrons. The molecule has 0 radical (unpaired) electrons. The number of thiophene rings is 1. The van der Waals surface area contributed by atoms with Gasteiger partial charge in [-0.2, -0.15) is 4.98 Å². The van der Waals surface area contributed by atoms with E-state index in [1.54, 1.807) is 6.33 Å². The van der Waals surface area contributed by atoms with Gasteiger partial charge in [-0.3, -0.25) is 5.43 Å². The van der Waals surface area contributed by atoms with Gasteiger partial charge in [-0.05, 0) is 18.4 Å². The second-order valence-corrected chi connectivity index (χ2v) is 5.24. The first kappa shape index (κ1) is 12.8. The summed E-state index contributed by atoms with van der Waals surface area (Å²) in [5, 5.41) is 14.2. The molecule has 0 spiro atoms. The van der Waals surface area contributed by atoms with Crippen molar-refractivity contribution in [2.75, 3.05) is 10.7 Å². The van der Waals surface area contributed by atoms with Crippen LogP contribution in [0, 0.1) is 0 Å². The Kier molecular flexibility index (Phi) is 3.20. The predicted octanol–water partition coefficient (Wildman–Crippen LogP) is 1.28. The van der Waals surface area contributed by atoms with Crippen molar-refractivity contribution < 1.29 is 0 Å². The number of nitrogens with one attached hydrogen (secondary N) is 2. The molecular weight excluding hydrogens is 276 g/mol. The molecule has 3 aromatic heterocycles. The van der Waals surface area contributed by atoms with E-state index in [0.29, 0.717) is 5.95 Å². The van der Waals surface area contributed by atoms with Crippen molar-refractivity contribution in [1.29, 1.82) is 0 Å². The summed E-state index contributed by atoms with van der Waals surface area (Å²) in [6, 6.07) is 1.94. The molecule has 1 unspecified atom stereocenters. The van der Waals surface area contributed by atoms with Crippen molar-refractivity contribution in [1.82, 2.24) is 24.7 Å². The second-order valence-electron chi connectivity index (χ2n) is 4.35. The van der Waals surface area contributed by atoms with Gasteiger partial charge in [0, 0.05) is 7.05 Å². The summed E-state index contributed by atoms with van der Waals surface area (Å²) in [6.45, 7) is 2.00. The van der Waals surface area contributed by atoms with Crippen LogP contribution in [0.2, 0.25) is 0 Å². The Morgan fingerprint density at radius 1 is 1.40 bits per heavy atom. The number of hydrogen-bond donors (Lipinski definition) is 3. The first-order chi connectivity index (χ1) is 9.69. The minimum absolute atomic E-state index is 0.0360. The maximum atomic E-state index is 5.40. The van der Waals surface area contributed by atoms with E-state index in [1.807, 2.05) is 30.0 Å². The quantitative estimate of drug-likeness (QED) is 0.491. The van der Waals surface area contributed by atoms with Gasteiger partial charge in [0.15, 0.2) is 5.82 Å². The lowest BCUT2D eigenvalue weighted by atomic mass is 10.3. The standard InChI is InChI=1S/C11H14N8S/c1-6(9-18-13-5-19(9)2)14-8-7-3-4-20-10(7)16-11(15-8)17-12/h3-6H,12H2,1-2H3,(H2,14,15,16,17). The molecular formula is C11H14N8S. The van der Waals surface area contributed by atoms with Crippen LogP contribution in [0.1, 0.15) is 18.8 Å². The monoisotopic (exact) mass is 290 g/mol. The number of nitrogens with zero attached hydrogens (tertiary/aromatic N) is 5. The molecule has 8 nitrogen and oxygen atoms in total. The highest BCUT2D eigenvalue weighted by Gasteiger charge is 2.15. The maximum absolute atomic E-state index is 5.40. The van der Waals surface area contributed by atoms with E-state index in [2.05, 4.69) is 30.9 Å². The molecule has 20 heavy (non-hydrogen) atoms. The largest absolute Gasteiger partial charge is 0.360 e. The zero-order valence-corrected chi connectivity index (χ0v) is 11.8. The molecule has 4 N–H and O–H groups in total. The van der Waals surface area contributed by atoms with E-state index in [-0.39, 0.29) is 6.04 Å². The van der Waals surface area contributed by atoms with Crippen LogP contribution in [-0.2, 0) is 7.05 Å². The zero-order chi connectivity index (χ0) is 14.1. The fraction of sp³-hybridized carbons (Fsp3) is 0.273. The fourth-order valence-corrected chi connectivity index (χ4v) is 2.75. The van der Waals surface area contributed by atoms with E-state index in [0.717, 1.165) is 21.9 Å². The van der Waals surface area contributed by atoms with E-state index < -0.39 is 0 Å². The molecule has 1 atom stereocenters. The Hall–Kier alpha value is -2.26. The highest BCUT2D eigenvalue weighted by Crippen LogP contribution is 2.28. The molecule has 0 amide bonds. The van der Waals surface area contributed by atoms with Crippen molar-refractivity contribution in [2.24, 2.45) is 12.9 Å². The molecule has 0 saturated heterocycles. The van der Waals surface area contributed by atoms with Crippen molar-refractivity contribution in [3.05, 3.63) is 23.6 Å². The molecule has 3 heterocycles. The molecule has 0 aliphatic heterocycles. The highest BCUT2D eigenvalue weighted by molar-refractivity contribution is 7.16. The van der Waals surface area contributed by atoms with Crippen LogP contribution in [-0.4, -0.2) is 24.7 Å². The fourth-order valence-electron chi connectivity index (χ4n) is 1.98. The summed E-state index contributed by atoms with van der Waals surface area (Å²) < 4.78 is 1.87. The topological polar surface area (TPSA) is 107 Å². The van der Waals surface area contributed by atoms with Gasteiger partial charge in [0.25, 0.3) is 0 Å². The number of nitrogen functional groups attached to an aromatic ring is 1. The Morgan fingerprint density at radius 2 is 2.25 bits per heavy atom. The van der Waals surface area contributed by atoms with Crippen LogP contribution in [0.25, 0.3) is 10.2 Å². The first-order valence-corrected chi connectivity index (χ1v) is 6.89. The van der Waals surface area contributed by atoms with Gasteiger partial charge < -0.3 is 9.88 Å². The zero-order valence-electron chi connectivity index (χ0n) is 11.0. The van der Waals surface area contributed by atoms with Crippen LogP contribution >= 0.6 is 11.3 Å². The second kappa shape index (κ2) is 5.02. The van der Waals surface area contributed by atoms with Crippen molar-refractivity contribution >= 4 is 33.3 Å². The van der Waals surface area contributed by atoms with E-state index in [1.165, 1.54) is 11.3 Å². The van der Waals surface area contributed by atoms with Gasteiger partial charge in [0.2, 0.25) is 5.95 Å². The van der Waals surface area contributed by atoms with E-state index in [9.17, 15) is 0 Å². The van der Waals surface area contributed by atoms with Crippen molar-refractivity contribution in [2.45, 2.75) is 13.0 Å². The Bertz CT molecular complexity index is 733. The average molecular weight is 290 g/mol. The highest BCUT2D eigenvalue weighted by atomic mass is 32.1. The average Bonchev–Trinajstić information content (AvgIpc) is 3.06. The summed E-state index contributed by atoms with van der Waals surface area (Å²) in [5.41, 5.74) is 2.48. The minimum Gasteiger partial charge on any atom is -0.360 e. The van der Waals surface area contributed by atoms with E-state index in [4.69, 9.17) is 5.84 Å². The predicted molar refractivity (Wildman–Crippen MR) is 78.3 cm³/mol. The van der Waals surface area contributed by atoms with Crippen molar-refractivity contribution in [3.8, 4) is 0 Å². The molecule has 0 aliphatic carbocycles. The Labute approximate surface area is 119 Å². The lowest BCUT2D eigenvalue weighted by molar-refractivity contribution is 0.717. The van der Waals surface area contributed by atoms with Gasteiger partial charge in [-0.1, -0.05) is 0 Å². The number of anilines is 2. The van der Waals surface area contributed by atoms with Crippen LogP contribution in [0.5, 0.6) is 0 Å². The maximum Gasteiger partial charge on any atom is 0.240 e. The molecule has 0 fully saturated rings. The smallest absolute Gasteiger partial charge is 0.240 e. The van der Waals surface area contributed by atoms with E-state index >= 15 is 0 Å². The van der Waals surface area contributed by atoms with Crippen molar-refractivity contribution in [3.63, 3.8) is 0 Å². The molecule has 0 aromatic carbocycles. The number of fused-ring (bicyclic) bond motifs is 1. The summed E-state index contributed by atoms with van der Waals surface area (Å²) >= 11 is 1.54. The molecule has 3 aromatic rings. The third-order valence-electron chi connectivity index (χ3n) is 2.94. The lowest BCUT2D eigenvalue weighted by Crippen LogP contribution is -2.15. The Morgan fingerprint density at radius 3 is 2.95 bits per heavy atom. The van der Waals surface area contributed by atoms with Gasteiger partial charge in [0.1, 0.15) is 17.0 Å². The summed E-state index contributed by atoms with van der Waals surface area (Å²) in [5.74, 6) is 7.34. The molecule has 0 bridgehead atoms.